The van der Waals surface area contributed by atoms with Crippen LogP contribution in [0.4, 0.5) is 24.8 Å². The monoisotopic (exact) mass is 441 g/mol. The number of nitrogens with one attached hydrogen (secondary N) is 2. The molecule has 0 aliphatic carbocycles. The maximum Gasteiger partial charge on any atom is 0.434 e. The normalized spacial score (nSPS) is 15.0. The molecule has 0 radical (unpaired) electrons. The Hall–Kier alpha value is -2.88. The van der Waals surface area contributed by atoms with Crippen LogP contribution < -0.4 is 10.6 Å². The number of nitrogens with zero attached hydrogens (tertiary/aromatic N) is 3. The van der Waals surface area contributed by atoms with Gasteiger partial charge in [-0.2, -0.15) is 13.2 Å². The van der Waals surface area contributed by atoms with Crippen LogP contribution in [0.5, 0.6) is 0 Å². The van der Waals surface area contributed by atoms with E-state index in [2.05, 4.69) is 20.6 Å². The van der Waals surface area contributed by atoms with E-state index in [1.807, 2.05) is 0 Å². The molecule has 1 aliphatic rings. The summed E-state index contributed by atoms with van der Waals surface area (Å²) in [6.07, 6.45) is -3.22. The number of aromatic nitrogens is 2. The second kappa shape index (κ2) is 8.86. The third-order valence-electron chi connectivity index (χ3n) is 4.77. The van der Waals surface area contributed by atoms with Crippen molar-refractivity contribution in [3.8, 4) is 0 Å². The molecule has 2 N–H and O–H groups in total. The Balaban J connectivity index is 1.82. The second-order valence-electron chi connectivity index (χ2n) is 6.77. The van der Waals surface area contributed by atoms with Gasteiger partial charge in [0.05, 0.1) is 5.56 Å². The average Bonchev–Trinajstić information content (AvgIpc) is 2.72. The van der Waals surface area contributed by atoms with Crippen molar-refractivity contribution >= 4 is 35.1 Å². The highest BCUT2D eigenvalue weighted by molar-refractivity contribution is 6.30. The van der Waals surface area contributed by atoms with E-state index in [-0.39, 0.29) is 30.9 Å². The van der Waals surface area contributed by atoms with E-state index >= 15 is 0 Å². The number of piperidine rings is 1. The van der Waals surface area contributed by atoms with E-state index in [0.29, 0.717) is 23.6 Å². The van der Waals surface area contributed by atoms with Crippen molar-refractivity contribution in [1.82, 2.24) is 20.2 Å². The number of carbonyl (C=O) groups is 2. The number of carbonyl (C=O) groups excluding carboxylic acids is 2. The number of hydrogen-bond acceptors (Lipinski definition) is 5. The van der Waals surface area contributed by atoms with Crippen LogP contribution in [0.3, 0.4) is 0 Å². The Morgan fingerprint density at radius 3 is 2.53 bits per heavy atom. The molecule has 0 bridgehead atoms. The van der Waals surface area contributed by atoms with Crippen molar-refractivity contribution in [3.63, 3.8) is 0 Å². The molecule has 1 aromatic heterocycles. The van der Waals surface area contributed by atoms with Gasteiger partial charge in [-0.1, -0.05) is 17.7 Å². The topological polar surface area (TPSA) is 87.2 Å². The molecule has 30 heavy (non-hydrogen) atoms. The van der Waals surface area contributed by atoms with Crippen molar-refractivity contribution < 1.29 is 22.8 Å². The third-order valence-corrected chi connectivity index (χ3v) is 5.00. The highest BCUT2D eigenvalue weighted by Gasteiger charge is 2.39. The molecule has 1 aliphatic heterocycles. The summed E-state index contributed by atoms with van der Waals surface area (Å²) in [7, 11) is 1.52. The van der Waals surface area contributed by atoms with Crippen molar-refractivity contribution in [2.24, 2.45) is 5.92 Å². The highest BCUT2D eigenvalue weighted by Crippen LogP contribution is 2.32. The minimum Gasteiger partial charge on any atom is -0.359 e. The first-order valence-corrected chi connectivity index (χ1v) is 9.54. The lowest BCUT2D eigenvalue weighted by atomic mass is 9.95. The van der Waals surface area contributed by atoms with E-state index in [1.165, 1.54) is 18.0 Å². The molecule has 0 saturated carbocycles. The number of rotatable bonds is 4. The van der Waals surface area contributed by atoms with Crippen LogP contribution in [-0.4, -0.2) is 46.8 Å². The van der Waals surface area contributed by atoms with Crippen LogP contribution in [0.1, 0.15) is 28.9 Å². The minimum absolute atomic E-state index is 0.141. The lowest BCUT2D eigenvalue weighted by Gasteiger charge is -2.31. The minimum atomic E-state index is -4.85. The Labute approximate surface area is 175 Å². The number of likely N-dealkylation sites (tertiary alicyclic amines) is 1. The van der Waals surface area contributed by atoms with Gasteiger partial charge in [-0.15, -0.1) is 0 Å². The van der Waals surface area contributed by atoms with E-state index in [4.69, 9.17) is 11.6 Å². The number of benzene rings is 1. The van der Waals surface area contributed by atoms with Gasteiger partial charge in [0.15, 0.2) is 5.69 Å². The van der Waals surface area contributed by atoms with Crippen LogP contribution in [0.15, 0.2) is 30.5 Å². The van der Waals surface area contributed by atoms with E-state index < -0.39 is 23.3 Å². The molecule has 1 aromatic carbocycles. The molecule has 0 atom stereocenters. The Kier molecular flexibility index (Phi) is 6.45. The summed E-state index contributed by atoms with van der Waals surface area (Å²) >= 11 is 5.87. The number of alkyl halides is 3. The van der Waals surface area contributed by atoms with Crippen molar-refractivity contribution in [2.75, 3.05) is 25.5 Å². The number of halogens is 4. The molecule has 3 rings (SSSR count). The van der Waals surface area contributed by atoms with Crippen molar-refractivity contribution in [1.29, 1.82) is 0 Å². The largest absolute Gasteiger partial charge is 0.434 e. The predicted octanol–water partition coefficient (Wildman–Crippen LogP) is 3.49. The predicted molar refractivity (Wildman–Crippen MR) is 104 cm³/mol. The molecule has 2 amide bonds. The van der Waals surface area contributed by atoms with E-state index in [1.54, 1.807) is 18.2 Å². The second-order valence-corrected chi connectivity index (χ2v) is 7.21. The summed E-state index contributed by atoms with van der Waals surface area (Å²) in [5.74, 6) is -1.52. The Morgan fingerprint density at radius 2 is 1.93 bits per heavy atom. The first-order valence-electron chi connectivity index (χ1n) is 9.16. The third kappa shape index (κ3) is 4.99. The molecule has 0 unspecified atom stereocenters. The summed E-state index contributed by atoms with van der Waals surface area (Å²) in [4.78, 5) is 33.1. The van der Waals surface area contributed by atoms with Crippen molar-refractivity contribution in [3.05, 3.63) is 46.7 Å². The molecular weight excluding hydrogens is 423 g/mol. The molecule has 11 heteroatoms. The summed E-state index contributed by atoms with van der Waals surface area (Å²) in [6.45, 7) is 0.355. The fraction of sp³-hybridized carbons (Fsp3) is 0.368. The first-order chi connectivity index (χ1) is 14.2. The van der Waals surface area contributed by atoms with Gasteiger partial charge in [0.2, 0.25) is 11.9 Å². The fourth-order valence-electron chi connectivity index (χ4n) is 3.23. The molecule has 1 saturated heterocycles. The van der Waals surface area contributed by atoms with Crippen LogP contribution >= 0.6 is 11.6 Å². The Bertz CT molecular complexity index is 946. The fourth-order valence-corrected chi connectivity index (χ4v) is 3.42. The molecule has 2 heterocycles. The zero-order chi connectivity index (χ0) is 21.9. The van der Waals surface area contributed by atoms with Crippen LogP contribution in [0.25, 0.3) is 0 Å². The van der Waals surface area contributed by atoms with Gasteiger partial charge in [-0.05, 0) is 31.0 Å². The molecule has 7 nitrogen and oxygen atoms in total. The lowest BCUT2D eigenvalue weighted by Crippen LogP contribution is -2.43. The quantitative estimate of drug-likeness (QED) is 0.758. The van der Waals surface area contributed by atoms with Crippen LogP contribution in [0.2, 0.25) is 5.02 Å². The summed E-state index contributed by atoms with van der Waals surface area (Å²) in [6, 6.07) is 6.34. The average molecular weight is 442 g/mol. The molecule has 2 aromatic rings. The van der Waals surface area contributed by atoms with Crippen molar-refractivity contribution in [2.45, 2.75) is 19.0 Å². The lowest BCUT2D eigenvalue weighted by molar-refractivity contribution is -0.141. The maximum atomic E-state index is 13.6. The van der Waals surface area contributed by atoms with E-state index in [9.17, 15) is 22.8 Å². The molecule has 160 valence electrons. The highest BCUT2D eigenvalue weighted by atomic mass is 35.5. The molecule has 1 fully saturated rings. The number of anilines is 2. The SMILES string of the molecule is CNC(=O)C1CCN(C(=O)c2cnc(Nc3cccc(Cl)c3)nc2C(F)(F)F)CC1. The van der Waals surface area contributed by atoms with Crippen LogP contribution in [-0.2, 0) is 11.0 Å². The number of amides is 2. The summed E-state index contributed by atoms with van der Waals surface area (Å²) in [5.41, 5.74) is -1.54. The number of hydrogen-bond donors (Lipinski definition) is 2. The van der Waals surface area contributed by atoms with Gasteiger partial charge in [-0.25, -0.2) is 9.97 Å². The summed E-state index contributed by atoms with van der Waals surface area (Å²) in [5, 5.41) is 5.59. The van der Waals surface area contributed by atoms with Gasteiger partial charge >= 0.3 is 6.18 Å². The molecule has 0 spiro atoms. The van der Waals surface area contributed by atoms with Gasteiger partial charge in [0, 0.05) is 43.0 Å². The molecular formula is C19H19ClF3N5O2. The van der Waals surface area contributed by atoms with Gasteiger partial charge < -0.3 is 15.5 Å². The van der Waals surface area contributed by atoms with Gasteiger partial charge in [0.1, 0.15) is 0 Å². The zero-order valence-corrected chi connectivity index (χ0v) is 16.7. The maximum absolute atomic E-state index is 13.6. The standard InChI is InChI=1S/C19H19ClF3N5O2/c1-24-16(29)11-5-7-28(8-6-11)17(30)14-10-25-18(27-15(14)19(21,22)23)26-13-4-2-3-12(20)9-13/h2-4,9-11H,5-8H2,1H3,(H,24,29)(H,25,26,27). The zero-order valence-electron chi connectivity index (χ0n) is 16.0. The van der Waals surface area contributed by atoms with E-state index in [0.717, 1.165) is 6.20 Å². The van der Waals surface area contributed by atoms with Gasteiger partial charge in [0.25, 0.3) is 5.91 Å². The van der Waals surface area contributed by atoms with Gasteiger partial charge in [-0.3, -0.25) is 9.59 Å². The Morgan fingerprint density at radius 1 is 1.23 bits per heavy atom. The van der Waals surface area contributed by atoms with Crippen LogP contribution in [0, 0.1) is 5.92 Å². The smallest absolute Gasteiger partial charge is 0.359 e. The summed E-state index contributed by atoms with van der Waals surface area (Å²) < 4.78 is 40.8. The first kappa shape index (κ1) is 21.8.